The first kappa shape index (κ1) is 7.32. The Morgan fingerprint density at radius 3 is 2.93 bits per heavy atom. The maximum Gasteiger partial charge on any atom is 0.222 e. The number of anilines is 1. The number of para-hydroxylation sites is 1. The summed E-state index contributed by atoms with van der Waals surface area (Å²) in [6, 6.07) is 9.81. The van der Waals surface area contributed by atoms with Crippen molar-refractivity contribution < 1.29 is 0 Å². The minimum Gasteiger partial charge on any atom is -0.368 e. The standard InChI is InChI=1S/C10H8N4/c11-10-13-8-4-2-1-3-7(8)9-5-6-12-14(9)10/h1-6H,(H2,11,13). The molecule has 0 unspecified atom stereocenters. The van der Waals surface area contributed by atoms with Gasteiger partial charge in [-0.15, -0.1) is 0 Å². The number of nitrogens with two attached hydrogens (primary N) is 1. The Balaban J connectivity index is 2.66. The van der Waals surface area contributed by atoms with Gasteiger partial charge in [0.15, 0.2) is 0 Å². The van der Waals surface area contributed by atoms with Crippen LogP contribution < -0.4 is 5.73 Å². The van der Waals surface area contributed by atoms with Crippen LogP contribution in [-0.2, 0) is 0 Å². The molecule has 4 nitrogen and oxygen atoms in total. The molecule has 2 heterocycles. The molecule has 4 heteroatoms. The van der Waals surface area contributed by atoms with Crippen LogP contribution in [0.1, 0.15) is 0 Å². The molecule has 0 fully saturated rings. The summed E-state index contributed by atoms with van der Waals surface area (Å²) < 4.78 is 1.64. The van der Waals surface area contributed by atoms with Crippen molar-refractivity contribution in [3.05, 3.63) is 36.5 Å². The van der Waals surface area contributed by atoms with Crippen LogP contribution in [0.25, 0.3) is 16.4 Å². The van der Waals surface area contributed by atoms with Gasteiger partial charge in [-0.2, -0.15) is 5.10 Å². The summed E-state index contributed by atoms with van der Waals surface area (Å²) in [4.78, 5) is 4.25. The average molecular weight is 184 g/mol. The van der Waals surface area contributed by atoms with Crippen LogP contribution in [0.15, 0.2) is 36.5 Å². The summed E-state index contributed by atoms with van der Waals surface area (Å²) >= 11 is 0. The molecule has 0 atom stereocenters. The first-order valence-corrected chi connectivity index (χ1v) is 4.34. The topological polar surface area (TPSA) is 56.2 Å². The zero-order valence-corrected chi connectivity index (χ0v) is 7.38. The number of fused-ring (bicyclic) bond motifs is 3. The Morgan fingerprint density at radius 2 is 2.00 bits per heavy atom. The molecule has 0 aliphatic heterocycles. The minimum absolute atomic E-state index is 0.420. The molecule has 0 saturated carbocycles. The molecule has 0 aliphatic rings. The third kappa shape index (κ3) is 0.821. The van der Waals surface area contributed by atoms with Crippen LogP contribution in [0.5, 0.6) is 0 Å². The van der Waals surface area contributed by atoms with E-state index in [2.05, 4.69) is 10.1 Å². The van der Waals surface area contributed by atoms with Gasteiger partial charge in [-0.05, 0) is 12.1 Å². The zero-order valence-electron chi connectivity index (χ0n) is 7.38. The lowest BCUT2D eigenvalue weighted by molar-refractivity contribution is 0.951. The van der Waals surface area contributed by atoms with E-state index in [0.717, 1.165) is 16.4 Å². The van der Waals surface area contributed by atoms with Crippen LogP contribution in [0.4, 0.5) is 5.95 Å². The van der Waals surface area contributed by atoms with Gasteiger partial charge >= 0.3 is 0 Å². The predicted molar refractivity (Wildman–Crippen MR) is 54.9 cm³/mol. The Hall–Kier alpha value is -2.10. The second-order valence-electron chi connectivity index (χ2n) is 3.12. The lowest BCUT2D eigenvalue weighted by atomic mass is 10.2. The number of aromatic nitrogens is 3. The lowest BCUT2D eigenvalue weighted by Crippen LogP contribution is -2.01. The van der Waals surface area contributed by atoms with Gasteiger partial charge in [-0.25, -0.2) is 9.50 Å². The lowest BCUT2D eigenvalue weighted by Gasteiger charge is -2.02. The van der Waals surface area contributed by atoms with Gasteiger partial charge in [0.05, 0.1) is 17.2 Å². The fourth-order valence-electron chi connectivity index (χ4n) is 1.65. The van der Waals surface area contributed by atoms with Gasteiger partial charge in [-0.3, -0.25) is 0 Å². The minimum atomic E-state index is 0.420. The molecule has 3 aromatic rings. The van der Waals surface area contributed by atoms with Crippen LogP contribution in [0, 0.1) is 0 Å². The maximum absolute atomic E-state index is 5.76. The van der Waals surface area contributed by atoms with Crippen LogP contribution in [0.2, 0.25) is 0 Å². The maximum atomic E-state index is 5.76. The van der Waals surface area contributed by atoms with Crippen molar-refractivity contribution in [2.75, 3.05) is 5.73 Å². The van der Waals surface area contributed by atoms with Gasteiger partial charge in [0, 0.05) is 5.39 Å². The fraction of sp³-hybridized carbons (Fsp3) is 0. The van der Waals surface area contributed by atoms with E-state index in [1.807, 2.05) is 30.3 Å². The molecule has 0 aliphatic carbocycles. The van der Waals surface area contributed by atoms with E-state index in [-0.39, 0.29) is 0 Å². The molecule has 2 aromatic heterocycles. The van der Waals surface area contributed by atoms with Crippen molar-refractivity contribution in [3.63, 3.8) is 0 Å². The number of nitrogens with zero attached hydrogens (tertiary/aromatic N) is 3. The highest BCUT2D eigenvalue weighted by Gasteiger charge is 2.04. The fourth-order valence-corrected chi connectivity index (χ4v) is 1.65. The molecule has 0 spiro atoms. The highest BCUT2D eigenvalue weighted by Crippen LogP contribution is 2.19. The SMILES string of the molecule is Nc1nc2ccccc2c2ccnn12. The second-order valence-corrected chi connectivity index (χ2v) is 3.12. The highest BCUT2D eigenvalue weighted by molar-refractivity contribution is 5.94. The summed E-state index contributed by atoms with van der Waals surface area (Å²) in [5.41, 5.74) is 7.65. The first-order chi connectivity index (χ1) is 6.86. The molecule has 0 bridgehead atoms. The molecule has 14 heavy (non-hydrogen) atoms. The summed E-state index contributed by atoms with van der Waals surface area (Å²) in [7, 11) is 0. The number of benzene rings is 1. The second kappa shape index (κ2) is 2.45. The molecule has 3 rings (SSSR count). The van der Waals surface area contributed by atoms with Gasteiger partial charge < -0.3 is 5.73 Å². The number of nitrogen functional groups attached to an aromatic ring is 1. The molecule has 0 radical (unpaired) electrons. The van der Waals surface area contributed by atoms with Crippen molar-refractivity contribution >= 4 is 22.4 Å². The quantitative estimate of drug-likeness (QED) is 0.575. The van der Waals surface area contributed by atoms with Gasteiger partial charge in [0.1, 0.15) is 0 Å². The number of rotatable bonds is 0. The molecule has 0 saturated heterocycles. The van der Waals surface area contributed by atoms with Crippen molar-refractivity contribution in [3.8, 4) is 0 Å². The van der Waals surface area contributed by atoms with Crippen molar-refractivity contribution in [1.29, 1.82) is 0 Å². The van der Waals surface area contributed by atoms with E-state index in [9.17, 15) is 0 Å². The number of hydrogen-bond donors (Lipinski definition) is 1. The Kier molecular flexibility index (Phi) is 1.28. The third-order valence-corrected chi connectivity index (χ3v) is 2.27. The van der Waals surface area contributed by atoms with Gasteiger partial charge in [-0.1, -0.05) is 18.2 Å². The smallest absolute Gasteiger partial charge is 0.222 e. The Labute approximate surface area is 80.0 Å². The molecule has 1 aromatic carbocycles. The Morgan fingerprint density at radius 1 is 1.14 bits per heavy atom. The normalized spacial score (nSPS) is 11.1. The summed E-state index contributed by atoms with van der Waals surface area (Å²) in [6.45, 7) is 0. The van der Waals surface area contributed by atoms with Crippen LogP contribution in [-0.4, -0.2) is 14.6 Å². The van der Waals surface area contributed by atoms with E-state index in [4.69, 9.17) is 5.73 Å². The van der Waals surface area contributed by atoms with Crippen molar-refractivity contribution in [1.82, 2.24) is 14.6 Å². The highest BCUT2D eigenvalue weighted by atomic mass is 15.3. The van der Waals surface area contributed by atoms with Gasteiger partial charge in [0.25, 0.3) is 0 Å². The largest absolute Gasteiger partial charge is 0.368 e. The third-order valence-electron chi connectivity index (χ3n) is 2.27. The molecular formula is C10H8N4. The van der Waals surface area contributed by atoms with E-state index < -0.39 is 0 Å². The molecule has 0 amide bonds. The zero-order chi connectivity index (χ0) is 9.54. The van der Waals surface area contributed by atoms with E-state index in [0.29, 0.717) is 5.95 Å². The average Bonchev–Trinajstić information content (AvgIpc) is 2.67. The molecule has 68 valence electrons. The molecule has 2 N–H and O–H groups in total. The summed E-state index contributed by atoms with van der Waals surface area (Å²) in [5.74, 6) is 0.420. The van der Waals surface area contributed by atoms with E-state index in [1.54, 1.807) is 10.7 Å². The Bertz CT molecular complexity index is 612. The first-order valence-electron chi connectivity index (χ1n) is 4.34. The summed E-state index contributed by atoms with van der Waals surface area (Å²) in [5, 5.41) is 5.17. The van der Waals surface area contributed by atoms with Crippen molar-refractivity contribution in [2.45, 2.75) is 0 Å². The van der Waals surface area contributed by atoms with Gasteiger partial charge in [0.2, 0.25) is 5.95 Å². The van der Waals surface area contributed by atoms with Crippen LogP contribution in [0.3, 0.4) is 0 Å². The van der Waals surface area contributed by atoms with E-state index in [1.165, 1.54) is 0 Å². The van der Waals surface area contributed by atoms with E-state index >= 15 is 0 Å². The number of hydrogen-bond acceptors (Lipinski definition) is 3. The monoisotopic (exact) mass is 184 g/mol. The summed E-state index contributed by atoms with van der Waals surface area (Å²) in [6.07, 6.45) is 1.72. The van der Waals surface area contributed by atoms with Crippen molar-refractivity contribution in [2.24, 2.45) is 0 Å². The molecular weight excluding hydrogens is 176 g/mol. The van der Waals surface area contributed by atoms with Crippen LogP contribution >= 0.6 is 0 Å². The predicted octanol–water partition coefficient (Wildman–Crippen LogP) is 1.46.